The summed E-state index contributed by atoms with van der Waals surface area (Å²) in [5.41, 5.74) is 7.21. The molecule has 0 aliphatic carbocycles. The Kier molecular flexibility index (Phi) is 5.85. The molecule has 1 heterocycles. The first-order chi connectivity index (χ1) is 9.65. The Morgan fingerprint density at radius 3 is 2.60 bits per heavy atom. The second-order valence-electron chi connectivity index (χ2n) is 5.62. The average molecular weight is 297 g/mol. The van der Waals surface area contributed by atoms with E-state index in [9.17, 15) is 0 Å². The number of rotatable bonds is 5. The van der Waals surface area contributed by atoms with Crippen molar-refractivity contribution < 1.29 is 4.74 Å². The van der Waals surface area contributed by atoms with Crippen LogP contribution in [0.4, 0.5) is 0 Å². The van der Waals surface area contributed by atoms with E-state index in [-0.39, 0.29) is 6.04 Å². The number of ether oxygens (including phenoxy) is 1. The van der Waals surface area contributed by atoms with Crippen molar-refractivity contribution in [2.24, 2.45) is 11.7 Å². The summed E-state index contributed by atoms with van der Waals surface area (Å²) in [6, 6.07) is 8.70. The van der Waals surface area contributed by atoms with E-state index in [0.29, 0.717) is 18.5 Å². The van der Waals surface area contributed by atoms with Crippen LogP contribution >= 0.6 is 11.6 Å². The summed E-state index contributed by atoms with van der Waals surface area (Å²) in [4.78, 5) is 2.37. The minimum Gasteiger partial charge on any atom is -0.381 e. The smallest absolute Gasteiger partial charge is 0.0469 e. The highest BCUT2D eigenvalue weighted by Crippen LogP contribution is 2.31. The third-order valence-corrected chi connectivity index (χ3v) is 4.89. The fourth-order valence-electron chi connectivity index (χ4n) is 3.11. The van der Waals surface area contributed by atoms with E-state index in [2.05, 4.69) is 24.9 Å². The first kappa shape index (κ1) is 15.8. The molecule has 0 spiro atoms. The zero-order valence-electron chi connectivity index (χ0n) is 12.4. The lowest BCUT2D eigenvalue weighted by atomic mass is 9.89. The van der Waals surface area contributed by atoms with Crippen LogP contribution in [0, 0.1) is 5.92 Å². The standard InChI is InChI=1S/C16H25ClN2O/c1-12(14-5-3-4-6-15(14)17)19(2)16(11-18)13-7-9-20-10-8-13/h3-6,12-13,16H,7-11,18H2,1-2H3. The molecule has 4 heteroatoms. The van der Waals surface area contributed by atoms with Gasteiger partial charge < -0.3 is 10.5 Å². The Balaban J connectivity index is 2.11. The van der Waals surface area contributed by atoms with Gasteiger partial charge in [-0.3, -0.25) is 4.90 Å². The van der Waals surface area contributed by atoms with Gasteiger partial charge in [-0.05, 0) is 44.4 Å². The lowest BCUT2D eigenvalue weighted by molar-refractivity contribution is 0.0252. The Labute approximate surface area is 127 Å². The van der Waals surface area contributed by atoms with Crippen LogP contribution in [0.5, 0.6) is 0 Å². The molecule has 2 atom stereocenters. The van der Waals surface area contributed by atoms with Gasteiger partial charge in [0.15, 0.2) is 0 Å². The molecular formula is C16H25ClN2O. The van der Waals surface area contributed by atoms with E-state index in [0.717, 1.165) is 31.1 Å². The number of likely N-dealkylation sites (N-methyl/N-ethyl adjacent to an activating group) is 1. The van der Waals surface area contributed by atoms with Crippen molar-refractivity contribution in [1.82, 2.24) is 4.90 Å². The molecule has 1 saturated heterocycles. The predicted octanol–water partition coefficient (Wildman–Crippen LogP) is 3.09. The fraction of sp³-hybridized carbons (Fsp3) is 0.625. The van der Waals surface area contributed by atoms with Crippen molar-refractivity contribution in [3.63, 3.8) is 0 Å². The van der Waals surface area contributed by atoms with Gasteiger partial charge in [0.25, 0.3) is 0 Å². The van der Waals surface area contributed by atoms with Gasteiger partial charge in [-0.15, -0.1) is 0 Å². The Morgan fingerprint density at radius 2 is 2.00 bits per heavy atom. The average Bonchev–Trinajstić information content (AvgIpc) is 2.49. The van der Waals surface area contributed by atoms with E-state index in [1.165, 1.54) is 5.56 Å². The van der Waals surface area contributed by atoms with E-state index in [1.54, 1.807) is 0 Å². The minimum absolute atomic E-state index is 0.264. The maximum atomic E-state index is 6.32. The Hall–Kier alpha value is -0.610. The molecule has 1 aromatic rings. The quantitative estimate of drug-likeness (QED) is 0.907. The number of nitrogens with two attached hydrogens (primary N) is 1. The van der Waals surface area contributed by atoms with Crippen molar-refractivity contribution in [3.05, 3.63) is 34.9 Å². The molecule has 2 rings (SSSR count). The Morgan fingerprint density at radius 1 is 1.35 bits per heavy atom. The van der Waals surface area contributed by atoms with Crippen LogP contribution in [-0.2, 0) is 4.74 Å². The van der Waals surface area contributed by atoms with Crippen molar-refractivity contribution in [2.45, 2.75) is 31.8 Å². The molecule has 1 aromatic carbocycles. The molecule has 0 saturated carbocycles. The van der Waals surface area contributed by atoms with Gasteiger partial charge in [-0.1, -0.05) is 29.8 Å². The van der Waals surface area contributed by atoms with Crippen LogP contribution in [0.25, 0.3) is 0 Å². The lowest BCUT2D eigenvalue weighted by Gasteiger charge is -2.39. The molecule has 1 aliphatic heterocycles. The highest BCUT2D eigenvalue weighted by Gasteiger charge is 2.29. The summed E-state index contributed by atoms with van der Waals surface area (Å²) in [6.45, 7) is 4.59. The summed E-state index contributed by atoms with van der Waals surface area (Å²) in [5, 5.41) is 0.828. The maximum Gasteiger partial charge on any atom is 0.0469 e. The molecule has 0 amide bonds. The number of halogens is 1. The first-order valence-corrected chi connectivity index (χ1v) is 7.77. The molecule has 1 fully saturated rings. The summed E-state index contributed by atoms with van der Waals surface area (Å²) in [7, 11) is 2.15. The third-order valence-electron chi connectivity index (χ3n) is 4.54. The van der Waals surface area contributed by atoms with Crippen LogP contribution in [0.3, 0.4) is 0 Å². The van der Waals surface area contributed by atoms with Gasteiger partial charge in [0.1, 0.15) is 0 Å². The molecule has 0 radical (unpaired) electrons. The van der Waals surface area contributed by atoms with Crippen LogP contribution in [-0.4, -0.2) is 37.7 Å². The molecule has 20 heavy (non-hydrogen) atoms. The van der Waals surface area contributed by atoms with Gasteiger partial charge in [-0.2, -0.15) is 0 Å². The van der Waals surface area contributed by atoms with Crippen LogP contribution < -0.4 is 5.73 Å². The van der Waals surface area contributed by atoms with Crippen LogP contribution in [0.15, 0.2) is 24.3 Å². The van der Waals surface area contributed by atoms with E-state index >= 15 is 0 Å². The first-order valence-electron chi connectivity index (χ1n) is 7.39. The molecule has 2 unspecified atom stereocenters. The predicted molar refractivity (Wildman–Crippen MR) is 84.0 cm³/mol. The monoisotopic (exact) mass is 296 g/mol. The Bertz CT molecular complexity index is 421. The fourth-order valence-corrected chi connectivity index (χ4v) is 3.41. The van der Waals surface area contributed by atoms with E-state index < -0.39 is 0 Å². The minimum atomic E-state index is 0.264. The zero-order valence-corrected chi connectivity index (χ0v) is 13.1. The van der Waals surface area contributed by atoms with Crippen molar-refractivity contribution >= 4 is 11.6 Å². The number of hydrogen-bond acceptors (Lipinski definition) is 3. The van der Waals surface area contributed by atoms with Crippen molar-refractivity contribution in [2.75, 3.05) is 26.8 Å². The molecule has 2 N–H and O–H groups in total. The van der Waals surface area contributed by atoms with Crippen LogP contribution in [0.2, 0.25) is 5.02 Å². The molecule has 0 aromatic heterocycles. The third kappa shape index (κ3) is 3.53. The number of hydrogen-bond donors (Lipinski definition) is 1. The maximum absolute atomic E-state index is 6.32. The van der Waals surface area contributed by atoms with Crippen LogP contribution in [0.1, 0.15) is 31.4 Å². The van der Waals surface area contributed by atoms with Crippen molar-refractivity contribution in [3.8, 4) is 0 Å². The highest BCUT2D eigenvalue weighted by molar-refractivity contribution is 6.31. The SMILES string of the molecule is CC(c1ccccc1Cl)N(C)C(CN)C1CCOCC1. The molecule has 1 aliphatic rings. The second kappa shape index (κ2) is 7.41. The topological polar surface area (TPSA) is 38.5 Å². The largest absolute Gasteiger partial charge is 0.381 e. The molecular weight excluding hydrogens is 272 g/mol. The number of nitrogens with zero attached hydrogens (tertiary/aromatic N) is 1. The summed E-state index contributed by atoms with van der Waals surface area (Å²) in [5.74, 6) is 0.615. The lowest BCUT2D eigenvalue weighted by Crippen LogP contribution is -2.46. The molecule has 3 nitrogen and oxygen atoms in total. The summed E-state index contributed by atoms with van der Waals surface area (Å²) in [6.07, 6.45) is 2.20. The number of benzene rings is 1. The summed E-state index contributed by atoms with van der Waals surface area (Å²) < 4.78 is 5.46. The van der Waals surface area contributed by atoms with Gasteiger partial charge in [0.05, 0.1) is 0 Å². The highest BCUT2D eigenvalue weighted by atomic mass is 35.5. The van der Waals surface area contributed by atoms with Gasteiger partial charge in [0, 0.05) is 36.9 Å². The normalized spacial score (nSPS) is 20.1. The van der Waals surface area contributed by atoms with E-state index in [1.807, 2.05) is 18.2 Å². The molecule has 0 bridgehead atoms. The van der Waals surface area contributed by atoms with Gasteiger partial charge in [0.2, 0.25) is 0 Å². The molecule has 112 valence electrons. The second-order valence-corrected chi connectivity index (χ2v) is 6.02. The van der Waals surface area contributed by atoms with E-state index in [4.69, 9.17) is 22.1 Å². The zero-order chi connectivity index (χ0) is 14.5. The van der Waals surface area contributed by atoms with Crippen molar-refractivity contribution in [1.29, 1.82) is 0 Å². The van der Waals surface area contributed by atoms with Gasteiger partial charge >= 0.3 is 0 Å². The van der Waals surface area contributed by atoms with Gasteiger partial charge in [-0.25, -0.2) is 0 Å². The summed E-state index contributed by atoms with van der Waals surface area (Å²) >= 11 is 6.32.